The summed E-state index contributed by atoms with van der Waals surface area (Å²) in [7, 11) is -3.89. The van der Waals surface area contributed by atoms with Crippen molar-refractivity contribution >= 4 is 27.3 Å². The lowest BCUT2D eigenvalue weighted by molar-refractivity contribution is 0.0725. The summed E-state index contributed by atoms with van der Waals surface area (Å²) in [6.45, 7) is 1.35. The Labute approximate surface area is 146 Å². The van der Waals surface area contributed by atoms with E-state index in [9.17, 15) is 13.2 Å². The highest BCUT2D eigenvalue weighted by atomic mass is 32.2. The quantitative estimate of drug-likeness (QED) is 0.868. The summed E-state index contributed by atoms with van der Waals surface area (Å²) in [5, 5.41) is 8.37. The number of aromatic nitrogens is 1. The van der Waals surface area contributed by atoms with Crippen LogP contribution in [0.15, 0.2) is 47.6 Å². The highest BCUT2D eigenvalue weighted by Gasteiger charge is 2.23. The molecule has 2 aromatic rings. The molecule has 8 heteroatoms. The molecule has 1 fully saturated rings. The Morgan fingerprint density at radius 2 is 1.76 bits per heavy atom. The molecule has 0 aliphatic carbocycles. The van der Waals surface area contributed by atoms with Crippen LogP contribution in [0, 0.1) is 0 Å². The van der Waals surface area contributed by atoms with Crippen LogP contribution in [0.1, 0.15) is 29.6 Å². The van der Waals surface area contributed by atoms with Gasteiger partial charge in [0.1, 0.15) is 0 Å². The highest BCUT2D eigenvalue weighted by molar-refractivity contribution is 7.89. The first kappa shape index (κ1) is 17.4. The van der Waals surface area contributed by atoms with Crippen LogP contribution in [0.4, 0.5) is 11.4 Å². The van der Waals surface area contributed by atoms with Crippen LogP contribution < -0.4 is 10.5 Å². The number of pyridine rings is 1. The molecule has 1 aliphatic heterocycles. The first-order chi connectivity index (χ1) is 11.9. The summed E-state index contributed by atoms with van der Waals surface area (Å²) < 4.78 is 23.4. The smallest absolute Gasteiger partial charge is 0.256 e. The summed E-state index contributed by atoms with van der Waals surface area (Å²) in [4.78, 5) is 18.6. The molecule has 1 amide bonds. The zero-order valence-corrected chi connectivity index (χ0v) is 14.5. The largest absolute Gasteiger partial charge is 0.355 e. The first-order valence-electron chi connectivity index (χ1n) is 8.08. The van der Waals surface area contributed by atoms with E-state index in [0.29, 0.717) is 24.3 Å². The molecule has 132 valence electrons. The third-order valence-electron chi connectivity index (χ3n) is 4.15. The van der Waals surface area contributed by atoms with Crippen LogP contribution in [0.5, 0.6) is 0 Å². The Hall–Kier alpha value is -2.45. The first-order valence-corrected chi connectivity index (χ1v) is 9.63. The fourth-order valence-corrected chi connectivity index (χ4v) is 3.38. The zero-order valence-electron chi connectivity index (χ0n) is 13.7. The third kappa shape index (κ3) is 4.15. The van der Waals surface area contributed by atoms with Gasteiger partial charge < -0.3 is 10.2 Å². The van der Waals surface area contributed by atoms with Crippen molar-refractivity contribution in [3.8, 4) is 0 Å². The molecule has 1 aliphatic rings. The van der Waals surface area contributed by atoms with Gasteiger partial charge in [0, 0.05) is 31.2 Å². The van der Waals surface area contributed by atoms with Crippen molar-refractivity contribution in [2.24, 2.45) is 5.14 Å². The Balaban J connectivity index is 2.00. The molecule has 0 radical (unpaired) electrons. The van der Waals surface area contributed by atoms with E-state index in [1.54, 1.807) is 35.5 Å². The van der Waals surface area contributed by atoms with Crippen molar-refractivity contribution in [3.05, 3.63) is 48.3 Å². The van der Waals surface area contributed by atoms with Crippen LogP contribution in [0.25, 0.3) is 0 Å². The molecule has 25 heavy (non-hydrogen) atoms. The van der Waals surface area contributed by atoms with Gasteiger partial charge in [0.15, 0.2) is 0 Å². The number of nitrogens with one attached hydrogen (secondary N) is 1. The molecule has 1 saturated heterocycles. The van der Waals surface area contributed by atoms with E-state index >= 15 is 0 Å². The van der Waals surface area contributed by atoms with Crippen molar-refractivity contribution in [2.75, 3.05) is 18.4 Å². The standard InChI is InChI=1S/C17H20N4O3S/c18-25(23,24)14-4-5-16(20-13-6-8-19-9-7-13)15(12-14)17(22)21-10-2-1-3-11-21/h4-9,12H,1-3,10-11H2,(H,19,20)(H2,18,23,24). The van der Waals surface area contributed by atoms with Gasteiger partial charge in [-0.3, -0.25) is 9.78 Å². The molecule has 3 N–H and O–H groups in total. The molecule has 3 rings (SSSR count). The summed E-state index contributed by atoms with van der Waals surface area (Å²) in [5.41, 5.74) is 1.59. The van der Waals surface area contributed by atoms with E-state index in [4.69, 9.17) is 5.14 Å². The van der Waals surface area contributed by atoms with Crippen LogP contribution in [0.2, 0.25) is 0 Å². The number of benzene rings is 1. The van der Waals surface area contributed by atoms with Crippen LogP contribution in [-0.2, 0) is 10.0 Å². The van der Waals surface area contributed by atoms with E-state index in [1.165, 1.54) is 12.1 Å². The lowest BCUT2D eigenvalue weighted by Crippen LogP contribution is -2.36. The number of rotatable bonds is 4. The Kier molecular flexibility index (Phi) is 5.00. The zero-order chi connectivity index (χ0) is 17.9. The molecule has 7 nitrogen and oxygen atoms in total. The number of amides is 1. The van der Waals surface area contributed by atoms with Crippen molar-refractivity contribution < 1.29 is 13.2 Å². The lowest BCUT2D eigenvalue weighted by atomic mass is 10.1. The van der Waals surface area contributed by atoms with Gasteiger partial charge in [0.2, 0.25) is 10.0 Å². The molecular formula is C17H20N4O3S. The number of anilines is 2. The van der Waals surface area contributed by atoms with Crippen molar-refractivity contribution in [2.45, 2.75) is 24.2 Å². The van der Waals surface area contributed by atoms with Gasteiger partial charge in [-0.1, -0.05) is 0 Å². The van der Waals surface area contributed by atoms with E-state index < -0.39 is 10.0 Å². The number of nitrogens with two attached hydrogens (primary N) is 1. The van der Waals surface area contributed by atoms with Crippen molar-refractivity contribution in [1.29, 1.82) is 0 Å². The minimum atomic E-state index is -3.89. The lowest BCUT2D eigenvalue weighted by Gasteiger charge is -2.27. The molecular weight excluding hydrogens is 340 g/mol. The second kappa shape index (κ2) is 7.20. The number of carbonyl (C=O) groups excluding carboxylic acids is 1. The summed E-state index contributed by atoms with van der Waals surface area (Å²) >= 11 is 0. The molecule has 0 spiro atoms. The Morgan fingerprint density at radius 1 is 1.08 bits per heavy atom. The maximum Gasteiger partial charge on any atom is 0.256 e. The number of likely N-dealkylation sites (tertiary alicyclic amines) is 1. The maximum absolute atomic E-state index is 12.9. The van der Waals surface area contributed by atoms with E-state index in [0.717, 1.165) is 24.9 Å². The van der Waals surface area contributed by atoms with Crippen LogP contribution in [0.3, 0.4) is 0 Å². The topological polar surface area (TPSA) is 105 Å². The number of carbonyl (C=O) groups is 1. The van der Waals surface area contributed by atoms with Gasteiger partial charge in [-0.25, -0.2) is 13.6 Å². The van der Waals surface area contributed by atoms with Gasteiger partial charge in [-0.2, -0.15) is 0 Å². The average molecular weight is 360 g/mol. The van der Waals surface area contributed by atoms with Gasteiger partial charge in [-0.05, 0) is 49.6 Å². The fourth-order valence-electron chi connectivity index (χ4n) is 2.84. The van der Waals surface area contributed by atoms with Gasteiger partial charge in [-0.15, -0.1) is 0 Å². The SMILES string of the molecule is NS(=O)(=O)c1ccc(Nc2ccncc2)c(C(=O)N2CCCCC2)c1. The van der Waals surface area contributed by atoms with Gasteiger partial charge in [0.25, 0.3) is 5.91 Å². The molecule has 0 unspecified atom stereocenters. The minimum Gasteiger partial charge on any atom is -0.355 e. The summed E-state index contributed by atoms with van der Waals surface area (Å²) in [5.74, 6) is -0.193. The molecule has 0 atom stereocenters. The monoisotopic (exact) mass is 360 g/mol. The minimum absolute atomic E-state index is 0.0758. The Morgan fingerprint density at radius 3 is 2.40 bits per heavy atom. The molecule has 0 bridgehead atoms. The second-order valence-corrected chi connectivity index (χ2v) is 7.53. The highest BCUT2D eigenvalue weighted by Crippen LogP contribution is 2.26. The van der Waals surface area contributed by atoms with E-state index in [1.807, 2.05) is 0 Å². The normalized spacial score (nSPS) is 15.0. The van der Waals surface area contributed by atoms with Crippen LogP contribution in [-0.4, -0.2) is 37.3 Å². The third-order valence-corrected chi connectivity index (χ3v) is 5.06. The molecule has 0 saturated carbocycles. The Bertz CT molecular complexity index is 863. The van der Waals surface area contributed by atoms with Crippen molar-refractivity contribution in [3.63, 3.8) is 0 Å². The predicted octanol–water partition coefficient (Wildman–Crippen LogP) is 2.10. The van der Waals surface area contributed by atoms with E-state index in [-0.39, 0.29) is 10.8 Å². The number of nitrogens with zero attached hydrogens (tertiary/aromatic N) is 2. The number of primary sulfonamides is 1. The number of hydrogen-bond acceptors (Lipinski definition) is 5. The molecule has 1 aromatic heterocycles. The van der Waals surface area contributed by atoms with E-state index in [2.05, 4.69) is 10.3 Å². The number of piperidine rings is 1. The van der Waals surface area contributed by atoms with Gasteiger partial charge >= 0.3 is 0 Å². The maximum atomic E-state index is 12.9. The van der Waals surface area contributed by atoms with Crippen LogP contribution >= 0.6 is 0 Å². The van der Waals surface area contributed by atoms with Crippen molar-refractivity contribution in [1.82, 2.24) is 9.88 Å². The fraction of sp³-hybridized carbons (Fsp3) is 0.294. The molecule has 2 heterocycles. The number of hydrogen-bond donors (Lipinski definition) is 2. The average Bonchev–Trinajstić information content (AvgIpc) is 2.62. The summed E-state index contributed by atoms with van der Waals surface area (Å²) in [6, 6.07) is 7.84. The number of sulfonamides is 1. The molecule has 1 aromatic carbocycles. The second-order valence-electron chi connectivity index (χ2n) is 5.97. The summed E-state index contributed by atoms with van der Waals surface area (Å²) in [6.07, 6.45) is 6.27. The van der Waals surface area contributed by atoms with Gasteiger partial charge in [0.05, 0.1) is 16.1 Å². The predicted molar refractivity (Wildman–Crippen MR) is 95.1 cm³/mol.